The lowest BCUT2D eigenvalue weighted by atomic mass is 10.1. The van der Waals surface area contributed by atoms with Crippen molar-refractivity contribution in [3.05, 3.63) is 12.7 Å². The molecule has 0 amide bonds. The summed E-state index contributed by atoms with van der Waals surface area (Å²) in [6, 6.07) is 0. The van der Waals surface area contributed by atoms with Crippen LogP contribution in [-0.4, -0.2) is 35.2 Å². The lowest BCUT2D eigenvalue weighted by Gasteiger charge is -2.35. The SMILES string of the molecule is C=CCC(Cl)(C(C)O)N(C)C. The summed E-state index contributed by atoms with van der Waals surface area (Å²) in [7, 11) is 3.67. The van der Waals surface area contributed by atoms with Crippen molar-refractivity contribution in [3.63, 3.8) is 0 Å². The van der Waals surface area contributed by atoms with Crippen LogP contribution in [0.3, 0.4) is 0 Å². The summed E-state index contributed by atoms with van der Waals surface area (Å²) in [5.41, 5.74) is 0. The van der Waals surface area contributed by atoms with E-state index in [0.717, 1.165) is 0 Å². The zero-order valence-corrected chi connectivity index (χ0v) is 8.10. The number of rotatable bonds is 4. The second-order valence-corrected chi connectivity index (χ2v) is 3.54. The van der Waals surface area contributed by atoms with Gasteiger partial charge < -0.3 is 5.11 Å². The summed E-state index contributed by atoms with van der Waals surface area (Å²) in [6.07, 6.45) is 1.70. The Bertz CT molecular complexity index is 126. The Morgan fingerprint density at radius 2 is 2.18 bits per heavy atom. The summed E-state index contributed by atoms with van der Waals surface area (Å²) in [5.74, 6) is 0. The molecule has 0 bridgehead atoms. The van der Waals surface area contributed by atoms with E-state index in [2.05, 4.69) is 6.58 Å². The highest BCUT2D eigenvalue weighted by Gasteiger charge is 2.33. The molecule has 1 N–H and O–H groups in total. The van der Waals surface area contributed by atoms with E-state index in [9.17, 15) is 5.11 Å². The summed E-state index contributed by atoms with van der Waals surface area (Å²) in [6.45, 7) is 5.27. The van der Waals surface area contributed by atoms with Gasteiger partial charge in [-0.25, -0.2) is 0 Å². The molecule has 0 saturated carbocycles. The first-order valence-electron chi connectivity index (χ1n) is 3.60. The molecular weight excluding hydrogens is 162 g/mol. The van der Waals surface area contributed by atoms with Crippen LogP contribution in [0.5, 0.6) is 0 Å². The van der Waals surface area contributed by atoms with Crippen LogP contribution in [0.25, 0.3) is 0 Å². The molecule has 0 aliphatic rings. The Morgan fingerprint density at radius 1 is 1.73 bits per heavy atom. The molecule has 0 aromatic rings. The van der Waals surface area contributed by atoms with E-state index in [1.807, 2.05) is 14.1 Å². The standard InChI is InChI=1S/C8H16ClNO/c1-5-6-8(9,7(2)11)10(3)4/h5,7,11H,1,6H2,2-4H3. The van der Waals surface area contributed by atoms with Gasteiger partial charge in [0, 0.05) is 0 Å². The predicted octanol–water partition coefficient (Wildman–Crippen LogP) is 1.44. The summed E-state index contributed by atoms with van der Waals surface area (Å²) in [4.78, 5) is 1.09. The molecule has 2 atom stereocenters. The normalized spacial score (nSPS) is 19.5. The largest absolute Gasteiger partial charge is 0.390 e. The number of nitrogens with zero attached hydrogens (tertiary/aromatic N) is 1. The van der Waals surface area contributed by atoms with Crippen LogP contribution >= 0.6 is 11.6 Å². The average Bonchev–Trinajstić information content (AvgIpc) is 1.87. The predicted molar refractivity (Wildman–Crippen MR) is 48.8 cm³/mol. The van der Waals surface area contributed by atoms with Crippen molar-refractivity contribution in [3.8, 4) is 0 Å². The van der Waals surface area contributed by atoms with Crippen LogP contribution in [0.4, 0.5) is 0 Å². The molecule has 0 heterocycles. The molecule has 3 heteroatoms. The second kappa shape index (κ2) is 4.10. The number of hydrogen-bond donors (Lipinski definition) is 1. The molecule has 2 nitrogen and oxygen atoms in total. The maximum atomic E-state index is 9.35. The molecular formula is C8H16ClNO. The zero-order valence-electron chi connectivity index (χ0n) is 7.34. The van der Waals surface area contributed by atoms with Crippen molar-refractivity contribution in [2.45, 2.75) is 24.4 Å². The Morgan fingerprint density at radius 3 is 2.27 bits per heavy atom. The smallest absolute Gasteiger partial charge is 0.125 e. The van der Waals surface area contributed by atoms with Crippen LogP contribution in [0.1, 0.15) is 13.3 Å². The van der Waals surface area contributed by atoms with Gasteiger partial charge in [0.15, 0.2) is 0 Å². The van der Waals surface area contributed by atoms with Gasteiger partial charge in [0.1, 0.15) is 5.00 Å². The maximum Gasteiger partial charge on any atom is 0.125 e. The summed E-state index contributed by atoms with van der Waals surface area (Å²) in [5, 5.41) is 9.35. The van der Waals surface area contributed by atoms with Gasteiger partial charge in [0.2, 0.25) is 0 Å². The molecule has 66 valence electrons. The van der Waals surface area contributed by atoms with E-state index >= 15 is 0 Å². The van der Waals surface area contributed by atoms with E-state index in [4.69, 9.17) is 11.6 Å². The molecule has 2 unspecified atom stereocenters. The Balaban J connectivity index is 4.37. The minimum atomic E-state index is -0.707. The van der Waals surface area contributed by atoms with Gasteiger partial charge in [0.05, 0.1) is 6.10 Å². The van der Waals surface area contributed by atoms with Crippen molar-refractivity contribution in [1.82, 2.24) is 4.90 Å². The number of aliphatic hydroxyl groups is 1. The Labute approximate surface area is 73.5 Å². The highest BCUT2D eigenvalue weighted by atomic mass is 35.5. The monoisotopic (exact) mass is 177 g/mol. The van der Waals surface area contributed by atoms with Crippen molar-refractivity contribution < 1.29 is 5.11 Å². The molecule has 0 radical (unpaired) electrons. The first-order chi connectivity index (χ1) is 4.95. The molecule has 0 fully saturated rings. The fourth-order valence-corrected chi connectivity index (χ4v) is 1.04. The van der Waals surface area contributed by atoms with Gasteiger partial charge in [-0.2, -0.15) is 0 Å². The highest BCUT2D eigenvalue weighted by molar-refractivity contribution is 6.24. The van der Waals surface area contributed by atoms with Crippen molar-refractivity contribution >= 4 is 11.6 Å². The maximum absolute atomic E-state index is 9.35. The zero-order chi connectivity index (χ0) is 9.07. The number of halogens is 1. The quantitative estimate of drug-likeness (QED) is 0.399. The van der Waals surface area contributed by atoms with Gasteiger partial charge in [0.25, 0.3) is 0 Å². The van der Waals surface area contributed by atoms with E-state index in [-0.39, 0.29) is 0 Å². The molecule has 0 aliphatic carbocycles. The first kappa shape index (κ1) is 11.0. The number of hydrogen-bond acceptors (Lipinski definition) is 2. The van der Waals surface area contributed by atoms with Crippen molar-refractivity contribution in [2.24, 2.45) is 0 Å². The van der Waals surface area contributed by atoms with Gasteiger partial charge >= 0.3 is 0 Å². The van der Waals surface area contributed by atoms with Crippen molar-refractivity contribution in [2.75, 3.05) is 14.1 Å². The fraction of sp³-hybridized carbons (Fsp3) is 0.750. The van der Waals surface area contributed by atoms with Crippen LogP contribution in [-0.2, 0) is 0 Å². The van der Waals surface area contributed by atoms with Gasteiger partial charge in [-0.05, 0) is 27.4 Å². The van der Waals surface area contributed by atoms with E-state index in [1.165, 1.54) is 0 Å². The molecule has 11 heavy (non-hydrogen) atoms. The number of likely N-dealkylation sites (N-methyl/N-ethyl adjacent to an activating group) is 1. The summed E-state index contributed by atoms with van der Waals surface area (Å²) >= 11 is 6.11. The average molecular weight is 178 g/mol. The third-order valence-corrected chi connectivity index (χ3v) is 2.62. The lowest BCUT2D eigenvalue weighted by molar-refractivity contribution is 0.0639. The van der Waals surface area contributed by atoms with E-state index in [1.54, 1.807) is 17.9 Å². The topological polar surface area (TPSA) is 23.5 Å². The minimum Gasteiger partial charge on any atom is -0.390 e. The number of alkyl halides is 1. The van der Waals surface area contributed by atoms with Crippen LogP contribution in [0, 0.1) is 0 Å². The Kier molecular flexibility index (Phi) is 4.08. The molecule has 0 aromatic heterocycles. The molecule has 0 spiro atoms. The van der Waals surface area contributed by atoms with E-state index in [0.29, 0.717) is 6.42 Å². The third-order valence-electron chi connectivity index (χ3n) is 1.81. The fourth-order valence-electron chi connectivity index (χ4n) is 0.929. The van der Waals surface area contributed by atoms with Crippen LogP contribution < -0.4 is 0 Å². The molecule has 0 aliphatic heterocycles. The summed E-state index contributed by atoms with van der Waals surface area (Å²) < 4.78 is 0. The molecule has 0 rings (SSSR count). The second-order valence-electron chi connectivity index (χ2n) is 2.88. The number of aliphatic hydroxyl groups excluding tert-OH is 1. The molecule has 0 aromatic carbocycles. The van der Waals surface area contributed by atoms with Crippen molar-refractivity contribution in [1.29, 1.82) is 0 Å². The molecule has 0 saturated heterocycles. The van der Waals surface area contributed by atoms with Gasteiger partial charge in [-0.1, -0.05) is 17.7 Å². The highest BCUT2D eigenvalue weighted by Crippen LogP contribution is 2.26. The van der Waals surface area contributed by atoms with Gasteiger partial charge in [-0.15, -0.1) is 6.58 Å². The first-order valence-corrected chi connectivity index (χ1v) is 3.98. The minimum absolute atomic E-state index is 0.569. The van der Waals surface area contributed by atoms with E-state index < -0.39 is 11.1 Å². The Hall–Kier alpha value is -0.0500. The van der Waals surface area contributed by atoms with Gasteiger partial charge in [-0.3, -0.25) is 4.90 Å². The van der Waals surface area contributed by atoms with Crippen LogP contribution in [0.2, 0.25) is 0 Å². The third kappa shape index (κ3) is 2.47. The van der Waals surface area contributed by atoms with Crippen LogP contribution in [0.15, 0.2) is 12.7 Å². The lowest BCUT2D eigenvalue weighted by Crippen LogP contribution is -2.47.